The second kappa shape index (κ2) is 5.05. The van der Waals surface area contributed by atoms with Crippen molar-refractivity contribution in [3.63, 3.8) is 0 Å². The second-order valence-corrected chi connectivity index (χ2v) is 5.69. The zero-order valence-electron chi connectivity index (χ0n) is 10.8. The molecule has 1 heterocycles. The smallest absolute Gasteiger partial charge is 0.287 e. The number of benzene rings is 2. The number of halogens is 2. The van der Waals surface area contributed by atoms with Crippen LogP contribution < -0.4 is 5.69 Å². The lowest BCUT2D eigenvalue weighted by Gasteiger charge is -2.04. The van der Waals surface area contributed by atoms with Gasteiger partial charge in [0.1, 0.15) is 5.82 Å². The van der Waals surface area contributed by atoms with Crippen LogP contribution in [0.4, 0.5) is 4.39 Å². The lowest BCUT2D eigenvalue weighted by molar-refractivity contribution is 0.620. The molecule has 0 saturated carbocycles. The summed E-state index contributed by atoms with van der Waals surface area (Å²) in [6, 6.07) is 12.9. The van der Waals surface area contributed by atoms with Crippen LogP contribution in [0.15, 0.2) is 47.3 Å². The molecule has 3 nitrogen and oxygen atoms in total. The molecule has 0 atom stereocenters. The number of hydrogen-bond acceptors (Lipinski definition) is 1. The van der Waals surface area contributed by atoms with Gasteiger partial charge in [-0.25, -0.2) is 12.0 Å². The van der Waals surface area contributed by atoms with Gasteiger partial charge in [-0.3, -0.25) is 4.57 Å². The Labute approximate surface area is 129 Å². The molecule has 102 valence electrons. The van der Waals surface area contributed by atoms with Crippen LogP contribution in [0.25, 0.3) is 11.0 Å². The summed E-state index contributed by atoms with van der Waals surface area (Å²) in [5, 5.41) is 0. The Kier molecular flexibility index (Phi) is 3.37. The van der Waals surface area contributed by atoms with Crippen molar-refractivity contribution in [2.45, 2.75) is 13.5 Å². The molecule has 0 fully saturated rings. The predicted octanol–water partition coefficient (Wildman–Crippen LogP) is 3.50. The molecule has 20 heavy (non-hydrogen) atoms. The molecule has 0 amide bonds. The van der Waals surface area contributed by atoms with E-state index in [0.29, 0.717) is 17.6 Å². The van der Waals surface area contributed by atoms with Crippen LogP contribution >= 0.6 is 22.9 Å². The van der Waals surface area contributed by atoms with Gasteiger partial charge in [-0.05, 0) is 24.1 Å². The first-order valence-corrected chi connectivity index (χ1v) is 7.16. The lowest BCUT2D eigenvalue weighted by atomic mass is 10.2. The van der Waals surface area contributed by atoms with Crippen molar-refractivity contribution in [3.05, 3.63) is 69.9 Å². The van der Waals surface area contributed by atoms with E-state index in [2.05, 4.69) is 0 Å². The first-order valence-electron chi connectivity index (χ1n) is 6.19. The molecule has 0 unspecified atom stereocenters. The number of aromatic nitrogens is 2. The Hall–Kier alpha value is -1.63. The molecule has 0 aliphatic heterocycles. The largest absolute Gasteiger partial charge is 0.338 e. The van der Waals surface area contributed by atoms with Crippen LogP contribution in [-0.2, 0) is 6.54 Å². The molecule has 0 spiro atoms. The monoisotopic (exact) mass is 382 g/mol. The van der Waals surface area contributed by atoms with Gasteiger partial charge in [-0.2, -0.15) is 0 Å². The maximum Gasteiger partial charge on any atom is 0.338 e. The Morgan fingerprint density at radius 2 is 1.85 bits per heavy atom. The number of imidazole rings is 1. The third-order valence-corrected chi connectivity index (χ3v) is 4.27. The fourth-order valence-electron chi connectivity index (χ4n) is 2.26. The summed E-state index contributed by atoms with van der Waals surface area (Å²) in [5.74, 6) is -0.292. The fraction of sp³-hybridized carbons (Fsp3) is 0.133. The molecule has 1 aromatic heterocycles. The highest BCUT2D eigenvalue weighted by molar-refractivity contribution is 14.1. The summed E-state index contributed by atoms with van der Waals surface area (Å²) in [5.41, 5.74) is 2.80. The average Bonchev–Trinajstić information content (AvgIpc) is 2.66. The van der Waals surface area contributed by atoms with Crippen LogP contribution in [0.5, 0.6) is 0 Å². The van der Waals surface area contributed by atoms with Gasteiger partial charge in [0.05, 0.1) is 40.4 Å². The minimum atomic E-state index is -0.292. The molecule has 3 rings (SSSR count). The highest BCUT2D eigenvalue weighted by Crippen LogP contribution is 2.20. The minimum absolute atomic E-state index is 0.144. The number of nitrogens with zero attached hydrogens (tertiary/aromatic N) is 2. The Morgan fingerprint density at radius 3 is 2.55 bits per heavy atom. The zero-order chi connectivity index (χ0) is 14.3. The third kappa shape index (κ3) is 2.15. The van der Waals surface area contributed by atoms with Crippen molar-refractivity contribution >= 4 is 33.9 Å². The minimum Gasteiger partial charge on any atom is -0.287 e. The molecule has 0 N–H and O–H groups in total. The summed E-state index contributed by atoms with van der Waals surface area (Å²) in [6.45, 7) is 2.19. The van der Waals surface area contributed by atoms with Crippen molar-refractivity contribution in [2.75, 3.05) is 0 Å². The lowest BCUT2D eigenvalue weighted by Crippen LogP contribution is -2.20. The molecule has 0 aliphatic carbocycles. The van der Waals surface area contributed by atoms with Gasteiger partial charge in [0.25, 0.3) is 0 Å². The van der Waals surface area contributed by atoms with E-state index in [1.54, 1.807) is 17.6 Å². The Balaban J connectivity index is 2.23. The van der Waals surface area contributed by atoms with Crippen molar-refractivity contribution in [3.8, 4) is 0 Å². The molecule has 5 heteroatoms. The van der Waals surface area contributed by atoms with Crippen LogP contribution in [0, 0.1) is 12.7 Å². The first-order chi connectivity index (χ1) is 9.58. The summed E-state index contributed by atoms with van der Waals surface area (Å²) in [7, 11) is 0. The number of fused-ring (bicyclic) bond motifs is 1. The predicted molar refractivity (Wildman–Crippen MR) is 85.9 cm³/mol. The van der Waals surface area contributed by atoms with Gasteiger partial charge in [0.15, 0.2) is 0 Å². The van der Waals surface area contributed by atoms with Crippen molar-refractivity contribution < 1.29 is 4.39 Å². The van der Waals surface area contributed by atoms with E-state index < -0.39 is 0 Å². The van der Waals surface area contributed by atoms with Crippen molar-refractivity contribution in [2.24, 2.45) is 0 Å². The van der Waals surface area contributed by atoms with Gasteiger partial charge >= 0.3 is 5.69 Å². The van der Waals surface area contributed by atoms with E-state index in [9.17, 15) is 9.18 Å². The quantitative estimate of drug-likeness (QED) is 0.624. The van der Waals surface area contributed by atoms with E-state index in [1.165, 1.54) is 8.85 Å². The summed E-state index contributed by atoms with van der Waals surface area (Å²) in [4.78, 5) is 12.3. The molecule has 0 bridgehead atoms. The average molecular weight is 382 g/mol. The van der Waals surface area contributed by atoms with Gasteiger partial charge in [-0.15, -0.1) is 0 Å². The van der Waals surface area contributed by atoms with E-state index in [0.717, 1.165) is 11.1 Å². The maximum absolute atomic E-state index is 13.7. The van der Waals surface area contributed by atoms with Gasteiger partial charge < -0.3 is 0 Å². The topological polar surface area (TPSA) is 26.9 Å². The zero-order valence-corrected chi connectivity index (χ0v) is 13.0. The van der Waals surface area contributed by atoms with Gasteiger partial charge in [0.2, 0.25) is 0 Å². The van der Waals surface area contributed by atoms with E-state index in [1.807, 2.05) is 53.2 Å². The Bertz CT molecular complexity index is 836. The van der Waals surface area contributed by atoms with Gasteiger partial charge in [0, 0.05) is 6.07 Å². The number of aryl methyl sites for hydroxylation is 1. The molecule has 0 aliphatic rings. The van der Waals surface area contributed by atoms with Crippen LogP contribution in [-0.4, -0.2) is 7.35 Å². The molecule has 3 aromatic rings. The fourth-order valence-corrected chi connectivity index (χ4v) is 2.91. The van der Waals surface area contributed by atoms with Crippen LogP contribution in [0.3, 0.4) is 0 Å². The standard InChI is InChI=1S/C15H12FIN2O/c1-10-7-13-14(8-12(10)16)19(17)15(20)18(13)9-11-5-3-2-4-6-11/h2-8H,9H2,1H3. The molecule has 0 saturated heterocycles. The highest BCUT2D eigenvalue weighted by atomic mass is 127. The molecular weight excluding hydrogens is 370 g/mol. The van der Waals surface area contributed by atoms with Crippen molar-refractivity contribution in [1.82, 2.24) is 7.35 Å². The summed E-state index contributed by atoms with van der Waals surface area (Å²) >= 11 is 1.91. The summed E-state index contributed by atoms with van der Waals surface area (Å²) in [6.07, 6.45) is 0. The SMILES string of the molecule is Cc1cc2c(cc1F)n(I)c(=O)n2Cc1ccccc1. The van der Waals surface area contributed by atoms with Crippen molar-refractivity contribution in [1.29, 1.82) is 0 Å². The Morgan fingerprint density at radius 1 is 1.15 bits per heavy atom. The first kappa shape index (κ1) is 13.4. The summed E-state index contributed by atoms with van der Waals surface area (Å²) < 4.78 is 16.8. The van der Waals surface area contributed by atoms with Crippen LogP contribution in [0.2, 0.25) is 0 Å². The van der Waals surface area contributed by atoms with Gasteiger partial charge in [-0.1, -0.05) is 30.3 Å². The van der Waals surface area contributed by atoms with E-state index in [-0.39, 0.29) is 11.5 Å². The maximum atomic E-state index is 13.7. The molecule has 2 aromatic carbocycles. The second-order valence-electron chi connectivity index (χ2n) is 4.73. The molecular formula is C15H12FIN2O. The van der Waals surface area contributed by atoms with E-state index in [4.69, 9.17) is 0 Å². The third-order valence-electron chi connectivity index (χ3n) is 3.34. The number of rotatable bonds is 2. The van der Waals surface area contributed by atoms with E-state index >= 15 is 0 Å². The highest BCUT2D eigenvalue weighted by Gasteiger charge is 2.14. The number of hydrogen-bond donors (Lipinski definition) is 0. The van der Waals surface area contributed by atoms with Crippen LogP contribution in [0.1, 0.15) is 11.1 Å². The molecule has 0 radical (unpaired) electrons. The normalized spacial score (nSPS) is 11.2.